The summed E-state index contributed by atoms with van der Waals surface area (Å²) in [4.78, 5) is 11.2. The van der Waals surface area contributed by atoms with Gasteiger partial charge in [-0.2, -0.15) is 17.0 Å². The minimum Gasteiger partial charge on any atom is -0.334 e. The molecule has 1 atom stereocenters. The van der Waals surface area contributed by atoms with Gasteiger partial charge in [0.25, 0.3) is 0 Å². The van der Waals surface area contributed by atoms with Gasteiger partial charge in [0.2, 0.25) is 5.91 Å². The SMILES string of the molecule is C/C=C/C(=O)NC1(C#N)CCSC1. The summed E-state index contributed by atoms with van der Waals surface area (Å²) in [6.07, 6.45) is 3.86. The molecule has 4 heteroatoms. The molecule has 1 fully saturated rings. The molecular formula is C9H12N2OS. The van der Waals surface area contributed by atoms with E-state index in [0.29, 0.717) is 5.75 Å². The number of amides is 1. The maximum absolute atomic E-state index is 11.2. The Kier molecular flexibility index (Phi) is 3.38. The first-order valence-corrected chi connectivity index (χ1v) is 5.32. The second-order valence-corrected chi connectivity index (χ2v) is 4.09. The van der Waals surface area contributed by atoms with Crippen molar-refractivity contribution in [2.24, 2.45) is 0 Å². The Labute approximate surface area is 82.2 Å². The van der Waals surface area contributed by atoms with Crippen molar-refractivity contribution in [2.45, 2.75) is 18.9 Å². The van der Waals surface area contributed by atoms with Crippen LogP contribution in [0.25, 0.3) is 0 Å². The summed E-state index contributed by atoms with van der Waals surface area (Å²) < 4.78 is 0. The summed E-state index contributed by atoms with van der Waals surface area (Å²) in [7, 11) is 0. The smallest absolute Gasteiger partial charge is 0.244 e. The van der Waals surface area contributed by atoms with E-state index in [1.807, 2.05) is 0 Å². The van der Waals surface area contributed by atoms with Gasteiger partial charge in [-0.15, -0.1) is 0 Å². The van der Waals surface area contributed by atoms with Crippen LogP contribution in [0.15, 0.2) is 12.2 Å². The molecule has 3 nitrogen and oxygen atoms in total. The number of carbonyl (C=O) groups excluding carboxylic acids is 1. The van der Waals surface area contributed by atoms with Gasteiger partial charge >= 0.3 is 0 Å². The van der Waals surface area contributed by atoms with E-state index in [0.717, 1.165) is 12.2 Å². The first-order chi connectivity index (χ1) is 6.22. The number of nitrogens with zero attached hydrogens (tertiary/aromatic N) is 1. The van der Waals surface area contributed by atoms with Gasteiger partial charge in [0, 0.05) is 5.75 Å². The highest BCUT2D eigenvalue weighted by Gasteiger charge is 2.35. The molecule has 0 bridgehead atoms. The van der Waals surface area contributed by atoms with Crippen molar-refractivity contribution >= 4 is 17.7 Å². The van der Waals surface area contributed by atoms with Gasteiger partial charge in [0.15, 0.2) is 0 Å². The quantitative estimate of drug-likeness (QED) is 0.672. The predicted molar refractivity (Wildman–Crippen MR) is 53.2 cm³/mol. The maximum atomic E-state index is 11.2. The monoisotopic (exact) mass is 196 g/mol. The highest BCUT2D eigenvalue weighted by atomic mass is 32.2. The van der Waals surface area contributed by atoms with Crippen LogP contribution in [0.1, 0.15) is 13.3 Å². The van der Waals surface area contributed by atoms with Crippen LogP contribution in [0.3, 0.4) is 0 Å². The average Bonchev–Trinajstić information content (AvgIpc) is 2.54. The minimum absolute atomic E-state index is 0.174. The Morgan fingerprint density at radius 2 is 2.54 bits per heavy atom. The normalized spacial score (nSPS) is 27.4. The first-order valence-electron chi connectivity index (χ1n) is 4.16. The van der Waals surface area contributed by atoms with Gasteiger partial charge in [-0.1, -0.05) is 6.08 Å². The van der Waals surface area contributed by atoms with Crippen LogP contribution in [0, 0.1) is 11.3 Å². The first kappa shape index (κ1) is 10.1. The molecule has 0 aromatic heterocycles. The largest absolute Gasteiger partial charge is 0.334 e. The Balaban J connectivity index is 2.59. The van der Waals surface area contributed by atoms with Crippen LogP contribution in [-0.2, 0) is 4.79 Å². The summed E-state index contributed by atoms with van der Waals surface area (Å²) in [5.41, 5.74) is -0.624. The number of allylic oxidation sites excluding steroid dienone is 1. The van der Waals surface area contributed by atoms with E-state index in [1.165, 1.54) is 6.08 Å². The molecule has 1 rings (SSSR count). The minimum atomic E-state index is -0.624. The highest BCUT2D eigenvalue weighted by molar-refractivity contribution is 7.99. The molecule has 0 aromatic carbocycles. The van der Waals surface area contributed by atoms with Crippen molar-refractivity contribution in [3.05, 3.63) is 12.2 Å². The second-order valence-electron chi connectivity index (χ2n) is 2.99. The number of hydrogen-bond acceptors (Lipinski definition) is 3. The van der Waals surface area contributed by atoms with E-state index in [2.05, 4.69) is 11.4 Å². The van der Waals surface area contributed by atoms with Gasteiger partial charge in [-0.25, -0.2) is 0 Å². The number of carbonyl (C=O) groups is 1. The van der Waals surface area contributed by atoms with Gasteiger partial charge in [-0.05, 0) is 25.2 Å². The number of nitrogens with one attached hydrogen (secondary N) is 1. The van der Waals surface area contributed by atoms with Gasteiger partial charge in [0.05, 0.1) is 6.07 Å². The Morgan fingerprint density at radius 3 is 3.00 bits per heavy atom. The van der Waals surface area contributed by atoms with Crippen LogP contribution in [0.4, 0.5) is 0 Å². The molecule has 1 N–H and O–H groups in total. The molecule has 1 heterocycles. The summed E-state index contributed by atoms with van der Waals surface area (Å²) in [6.45, 7) is 1.78. The molecule has 70 valence electrons. The van der Waals surface area contributed by atoms with Crippen molar-refractivity contribution < 1.29 is 4.79 Å². The zero-order chi connectivity index (χ0) is 9.73. The third kappa shape index (κ3) is 2.49. The third-order valence-corrected chi connectivity index (χ3v) is 3.11. The molecule has 1 amide bonds. The summed E-state index contributed by atoms with van der Waals surface area (Å²) >= 11 is 1.70. The van der Waals surface area contributed by atoms with E-state index >= 15 is 0 Å². The van der Waals surface area contributed by atoms with Crippen molar-refractivity contribution in [3.63, 3.8) is 0 Å². The number of hydrogen-bond donors (Lipinski definition) is 1. The highest BCUT2D eigenvalue weighted by Crippen LogP contribution is 2.27. The second kappa shape index (κ2) is 4.33. The van der Waals surface area contributed by atoms with E-state index in [-0.39, 0.29) is 5.91 Å². The molecule has 13 heavy (non-hydrogen) atoms. The lowest BCUT2D eigenvalue weighted by Gasteiger charge is -2.19. The summed E-state index contributed by atoms with van der Waals surface area (Å²) in [6, 6.07) is 2.18. The van der Waals surface area contributed by atoms with Crippen molar-refractivity contribution in [3.8, 4) is 6.07 Å². The lowest BCUT2D eigenvalue weighted by atomic mass is 10.0. The molecule has 1 unspecified atom stereocenters. The predicted octanol–water partition coefficient (Wildman–Crippen LogP) is 1.08. The molecule has 0 radical (unpaired) electrons. The van der Waals surface area contributed by atoms with Crippen molar-refractivity contribution in [1.29, 1.82) is 5.26 Å². The molecule has 1 aliphatic rings. The molecule has 0 aromatic rings. The van der Waals surface area contributed by atoms with Gasteiger partial charge < -0.3 is 5.32 Å². The number of nitriles is 1. The average molecular weight is 196 g/mol. The molecule has 0 saturated carbocycles. The van der Waals surface area contributed by atoms with Crippen molar-refractivity contribution in [1.82, 2.24) is 5.32 Å². The molecule has 1 aliphatic heterocycles. The van der Waals surface area contributed by atoms with Crippen LogP contribution in [0.2, 0.25) is 0 Å². The third-order valence-electron chi connectivity index (χ3n) is 1.92. The molecule has 1 saturated heterocycles. The van der Waals surface area contributed by atoms with Crippen LogP contribution >= 0.6 is 11.8 Å². The summed E-state index contributed by atoms with van der Waals surface area (Å²) in [5.74, 6) is 1.47. The van der Waals surface area contributed by atoms with Gasteiger partial charge in [-0.3, -0.25) is 4.79 Å². The Morgan fingerprint density at radius 1 is 1.77 bits per heavy atom. The van der Waals surface area contributed by atoms with E-state index in [9.17, 15) is 4.79 Å². The number of rotatable bonds is 2. The fraction of sp³-hybridized carbons (Fsp3) is 0.556. The topological polar surface area (TPSA) is 52.9 Å². The summed E-state index contributed by atoms with van der Waals surface area (Å²) in [5, 5.41) is 11.7. The molecule has 0 spiro atoms. The zero-order valence-electron chi connectivity index (χ0n) is 7.54. The Hall–Kier alpha value is -0.950. The lowest BCUT2D eigenvalue weighted by Crippen LogP contribution is -2.46. The lowest BCUT2D eigenvalue weighted by molar-refractivity contribution is -0.117. The van der Waals surface area contributed by atoms with E-state index in [4.69, 9.17) is 5.26 Å². The van der Waals surface area contributed by atoms with Gasteiger partial charge in [0.1, 0.15) is 5.54 Å². The molecule has 0 aliphatic carbocycles. The standard InChI is InChI=1S/C9H12N2OS/c1-2-3-8(12)11-9(6-10)4-5-13-7-9/h2-3H,4-5,7H2,1H3,(H,11,12)/b3-2+. The van der Waals surface area contributed by atoms with Crippen molar-refractivity contribution in [2.75, 3.05) is 11.5 Å². The van der Waals surface area contributed by atoms with Crippen LogP contribution in [-0.4, -0.2) is 23.0 Å². The Bertz CT molecular complexity index is 261. The number of thioether (sulfide) groups is 1. The fourth-order valence-electron chi connectivity index (χ4n) is 1.21. The van der Waals surface area contributed by atoms with E-state index in [1.54, 1.807) is 24.8 Å². The maximum Gasteiger partial charge on any atom is 0.244 e. The molecular weight excluding hydrogens is 184 g/mol. The van der Waals surface area contributed by atoms with E-state index < -0.39 is 5.54 Å². The van der Waals surface area contributed by atoms with Crippen LogP contribution < -0.4 is 5.32 Å². The fourth-order valence-corrected chi connectivity index (χ4v) is 2.48. The zero-order valence-corrected chi connectivity index (χ0v) is 8.36. The van der Waals surface area contributed by atoms with Crippen LogP contribution in [0.5, 0.6) is 0 Å².